The quantitative estimate of drug-likeness (QED) is 0.715. The number of benzene rings is 2. The van der Waals surface area contributed by atoms with Crippen molar-refractivity contribution in [1.82, 2.24) is 15.1 Å². The van der Waals surface area contributed by atoms with Gasteiger partial charge < -0.3 is 10.6 Å². The highest BCUT2D eigenvalue weighted by Crippen LogP contribution is 2.19. The Kier molecular flexibility index (Phi) is 7.76. The summed E-state index contributed by atoms with van der Waals surface area (Å²) in [5, 5.41) is 5.99. The van der Waals surface area contributed by atoms with Gasteiger partial charge in [0.15, 0.2) is 0 Å². The number of para-hydroxylation sites is 1. The number of carbonyl (C=O) groups is 2. The van der Waals surface area contributed by atoms with Gasteiger partial charge in [0.2, 0.25) is 11.8 Å². The lowest BCUT2D eigenvalue weighted by molar-refractivity contribution is -0.124. The number of nitrogens with one attached hydrogen (secondary N) is 2. The van der Waals surface area contributed by atoms with E-state index in [9.17, 15) is 14.0 Å². The summed E-state index contributed by atoms with van der Waals surface area (Å²) in [6, 6.07) is 11.9. The van der Waals surface area contributed by atoms with E-state index in [1.54, 1.807) is 12.1 Å². The van der Waals surface area contributed by atoms with Crippen LogP contribution in [0.25, 0.3) is 0 Å². The normalized spacial score (nSPS) is 16.0. The zero-order chi connectivity index (χ0) is 22.4. The van der Waals surface area contributed by atoms with Crippen molar-refractivity contribution in [2.45, 2.75) is 26.8 Å². The topological polar surface area (TPSA) is 64.7 Å². The predicted octanol–water partition coefficient (Wildman–Crippen LogP) is 2.88. The average Bonchev–Trinajstić information content (AvgIpc) is 2.72. The molecule has 1 atom stereocenters. The Morgan fingerprint density at radius 3 is 1.97 bits per heavy atom. The smallest absolute Gasteiger partial charge is 0.238 e. The second-order valence-corrected chi connectivity index (χ2v) is 8.21. The van der Waals surface area contributed by atoms with E-state index in [-0.39, 0.29) is 23.7 Å². The molecule has 1 heterocycles. The Balaban J connectivity index is 1.40. The van der Waals surface area contributed by atoms with Gasteiger partial charge in [-0.25, -0.2) is 4.39 Å². The molecule has 31 heavy (non-hydrogen) atoms. The number of piperazine rings is 1. The van der Waals surface area contributed by atoms with Crippen molar-refractivity contribution in [3.8, 4) is 0 Å². The molecule has 1 aliphatic rings. The fourth-order valence-electron chi connectivity index (χ4n) is 3.82. The summed E-state index contributed by atoms with van der Waals surface area (Å²) < 4.78 is 13.1. The van der Waals surface area contributed by atoms with Gasteiger partial charge in [-0.15, -0.1) is 0 Å². The highest BCUT2D eigenvalue weighted by molar-refractivity contribution is 5.93. The lowest BCUT2D eigenvalue weighted by Gasteiger charge is -2.34. The van der Waals surface area contributed by atoms with Crippen LogP contribution in [0.3, 0.4) is 0 Å². The Morgan fingerprint density at radius 2 is 1.42 bits per heavy atom. The number of rotatable bonds is 7. The molecule has 0 aliphatic carbocycles. The van der Waals surface area contributed by atoms with Gasteiger partial charge in [0, 0.05) is 31.9 Å². The van der Waals surface area contributed by atoms with Crippen molar-refractivity contribution in [1.29, 1.82) is 0 Å². The predicted molar refractivity (Wildman–Crippen MR) is 120 cm³/mol. The molecule has 0 saturated carbocycles. The van der Waals surface area contributed by atoms with E-state index in [2.05, 4.69) is 20.4 Å². The molecule has 0 aromatic heterocycles. The lowest BCUT2D eigenvalue weighted by atomic mass is 10.1. The van der Waals surface area contributed by atoms with Crippen LogP contribution >= 0.6 is 0 Å². The van der Waals surface area contributed by atoms with E-state index in [1.165, 1.54) is 12.1 Å². The van der Waals surface area contributed by atoms with Gasteiger partial charge in [0.05, 0.1) is 19.1 Å². The lowest BCUT2D eigenvalue weighted by Crippen LogP contribution is -2.51. The van der Waals surface area contributed by atoms with Crippen LogP contribution in [0.1, 0.15) is 29.7 Å². The van der Waals surface area contributed by atoms with Gasteiger partial charge >= 0.3 is 0 Å². The molecular formula is C24H31FN4O2. The largest absolute Gasteiger partial charge is 0.348 e. The molecule has 166 valence electrons. The fourth-order valence-corrected chi connectivity index (χ4v) is 3.82. The van der Waals surface area contributed by atoms with Crippen molar-refractivity contribution >= 4 is 17.5 Å². The van der Waals surface area contributed by atoms with Crippen molar-refractivity contribution in [3.05, 3.63) is 65.0 Å². The monoisotopic (exact) mass is 426 g/mol. The van der Waals surface area contributed by atoms with Crippen molar-refractivity contribution in [2.24, 2.45) is 0 Å². The summed E-state index contributed by atoms with van der Waals surface area (Å²) in [6.07, 6.45) is 0. The van der Waals surface area contributed by atoms with Crippen LogP contribution in [0.5, 0.6) is 0 Å². The van der Waals surface area contributed by atoms with Crippen LogP contribution in [0, 0.1) is 19.7 Å². The number of anilines is 1. The Labute approximate surface area is 183 Å². The van der Waals surface area contributed by atoms with Crippen LogP contribution in [0.2, 0.25) is 0 Å². The van der Waals surface area contributed by atoms with Gasteiger partial charge in [0.1, 0.15) is 5.82 Å². The highest BCUT2D eigenvalue weighted by atomic mass is 19.1. The zero-order valence-electron chi connectivity index (χ0n) is 18.5. The third kappa shape index (κ3) is 6.60. The number of hydrogen-bond acceptors (Lipinski definition) is 4. The van der Waals surface area contributed by atoms with E-state index in [4.69, 9.17) is 0 Å². The third-order valence-electron chi connectivity index (χ3n) is 5.69. The van der Waals surface area contributed by atoms with Crippen molar-refractivity contribution < 1.29 is 14.0 Å². The third-order valence-corrected chi connectivity index (χ3v) is 5.69. The first kappa shape index (κ1) is 22.9. The second kappa shape index (κ2) is 10.5. The molecule has 3 rings (SSSR count). The molecule has 1 saturated heterocycles. The van der Waals surface area contributed by atoms with Gasteiger partial charge in [0.25, 0.3) is 0 Å². The first-order valence-electron chi connectivity index (χ1n) is 10.7. The minimum Gasteiger partial charge on any atom is -0.348 e. The molecule has 2 aromatic carbocycles. The molecule has 1 unspecified atom stereocenters. The SMILES string of the molecule is Cc1cccc(C)c1NC(=O)CN1CCN(CC(=O)NC(C)c2ccc(F)cc2)CC1. The summed E-state index contributed by atoms with van der Waals surface area (Å²) >= 11 is 0. The maximum Gasteiger partial charge on any atom is 0.238 e. The van der Waals surface area contributed by atoms with Crippen LogP contribution in [-0.2, 0) is 9.59 Å². The van der Waals surface area contributed by atoms with Gasteiger partial charge in [-0.1, -0.05) is 30.3 Å². The summed E-state index contributed by atoms with van der Waals surface area (Å²) in [7, 11) is 0. The van der Waals surface area contributed by atoms with Crippen LogP contribution in [0.4, 0.5) is 10.1 Å². The Hall–Kier alpha value is -2.77. The fraction of sp³-hybridized carbons (Fsp3) is 0.417. The molecule has 7 heteroatoms. The molecule has 6 nitrogen and oxygen atoms in total. The van der Waals surface area contributed by atoms with Crippen LogP contribution < -0.4 is 10.6 Å². The van der Waals surface area contributed by atoms with Gasteiger partial charge in [-0.2, -0.15) is 0 Å². The number of aryl methyl sites for hydroxylation is 2. The first-order valence-corrected chi connectivity index (χ1v) is 10.7. The minimum atomic E-state index is -0.289. The number of hydrogen-bond donors (Lipinski definition) is 2. The molecule has 2 amide bonds. The van der Waals surface area contributed by atoms with E-state index in [0.717, 1.165) is 48.6 Å². The van der Waals surface area contributed by atoms with E-state index < -0.39 is 0 Å². The van der Waals surface area contributed by atoms with Gasteiger partial charge in [-0.05, 0) is 49.6 Å². The summed E-state index contributed by atoms with van der Waals surface area (Å²) in [4.78, 5) is 29.1. The second-order valence-electron chi connectivity index (χ2n) is 8.21. The maximum atomic E-state index is 13.1. The molecule has 0 bridgehead atoms. The molecule has 1 aliphatic heterocycles. The molecular weight excluding hydrogens is 395 g/mol. The summed E-state index contributed by atoms with van der Waals surface area (Å²) in [5.74, 6) is -0.363. The number of carbonyl (C=O) groups excluding carboxylic acids is 2. The summed E-state index contributed by atoms with van der Waals surface area (Å²) in [6.45, 7) is 9.46. The van der Waals surface area contributed by atoms with E-state index in [0.29, 0.717) is 13.1 Å². The van der Waals surface area contributed by atoms with Gasteiger partial charge in [-0.3, -0.25) is 19.4 Å². The van der Waals surface area contributed by atoms with Crippen molar-refractivity contribution in [2.75, 3.05) is 44.6 Å². The molecule has 2 N–H and O–H groups in total. The van der Waals surface area contributed by atoms with E-state index in [1.807, 2.05) is 39.0 Å². The number of halogens is 1. The first-order chi connectivity index (χ1) is 14.8. The van der Waals surface area contributed by atoms with E-state index >= 15 is 0 Å². The standard InChI is InChI=1S/C24H31FN4O2/c1-17-5-4-6-18(2)24(17)27-23(31)16-29-13-11-28(12-14-29)15-22(30)26-19(3)20-7-9-21(25)10-8-20/h4-10,19H,11-16H2,1-3H3,(H,26,30)(H,27,31). The average molecular weight is 427 g/mol. The highest BCUT2D eigenvalue weighted by Gasteiger charge is 2.21. The number of amides is 2. The van der Waals surface area contributed by atoms with Crippen LogP contribution in [-0.4, -0.2) is 60.9 Å². The molecule has 0 radical (unpaired) electrons. The number of nitrogens with zero attached hydrogens (tertiary/aromatic N) is 2. The van der Waals surface area contributed by atoms with Crippen molar-refractivity contribution in [3.63, 3.8) is 0 Å². The van der Waals surface area contributed by atoms with Crippen LogP contribution in [0.15, 0.2) is 42.5 Å². The Bertz CT molecular complexity index is 888. The Morgan fingerprint density at radius 1 is 0.903 bits per heavy atom. The minimum absolute atomic E-state index is 0.0169. The summed E-state index contributed by atoms with van der Waals surface area (Å²) in [5.41, 5.74) is 3.87. The zero-order valence-corrected chi connectivity index (χ0v) is 18.5. The molecule has 0 spiro atoms. The maximum absolute atomic E-state index is 13.1. The molecule has 2 aromatic rings. The molecule has 1 fully saturated rings.